The number of ether oxygens (including phenoxy) is 1. The van der Waals surface area contributed by atoms with Crippen LogP contribution in [0.5, 0.6) is 0 Å². The first kappa shape index (κ1) is 29.4. The molecule has 9 heteroatoms. The Morgan fingerprint density at radius 1 is 1.03 bits per heavy atom. The van der Waals surface area contributed by atoms with Crippen molar-refractivity contribution in [1.82, 2.24) is 9.47 Å². The number of carbonyl (C=O) groups excluding carboxylic acids is 1. The summed E-state index contributed by atoms with van der Waals surface area (Å²) in [7, 11) is 1.68. The van der Waals surface area contributed by atoms with Gasteiger partial charge in [-0.25, -0.2) is 0 Å². The molecule has 0 atom stereocenters. The maximum atomic E-state index is 13.3. The Kier molecular flexibility index (Phi) is 11.7. The van der Waals surface area contributed by atoms with E-state index in [1.807, 2.05) is 6.08 Å². The minimum absolute atomic E-state index is 0.0920. The second-order valence-electron chi connectivity index (χ2n) is 9.83. The van der Waals surface area contributed by atoms with Gasteiger partial charge in [0.2, 0.25) is 0 Å². The van der Waals surface area contributed by atoms with Gasteiger partial charge in [0.25, 0.3) is 11.5 Å². The molecule has 2 aliphatic heterocycles. The molecule has 2 aliphatic rings. The van der Waals surface area contributed by atoms with Gasteiger partial charge in [-0.15, -0.1) is 0 Å². The second-order valence-corrected chi connectivity index (χ2v) is 11.5. The van der Waals surface area contributed by atoms with Gasteiger partial charge in [-0.1, -0.05) is 88.7 Å². The number of anilines is 1. The Labute approximate surface area is 230 Å². The summed E-state index contributed by atoms with van der Waals surface area (Å²) in [5.41, 5.74) is 1.09. The highest BCUT2D eigenvalue weighted by Crippen LogP contribution is 2.36. The van der Waals surface area contributed by atoms with Crippen molar-refractivity contribution in [3.8, 4) is 6.07 Å². The average Bonchev–Trinajstić information content (AvgIpc) is 3.16. The monoisotopic (exact) mass is 544 g/mol. The molecular formula is C28H40N4O3S2. The Morgan fingerprint density at radius 2 is 1.62 bits per heavy atom. The number of thiocarbonyl (C=S) groups is 1. The van der Waals surface area contributed by atoms with Crippen molar-refractivity contribution < 1.29 is 9.53 Å². The van der Waals surface area contributed by atoms with Crippen molar-refractivity contribution in [2.75, 3.05) is 37.7 Å². The number of morpholine rings is 1. The van der Waals surface area contributed by atoms with Gasteiger partial charge in [-0.3, -0.25) is 19.1 Å². The third-order valence-electron chi connectivity index (χ3n) is 7.16. The van der Waals surface area contributed by atoms with Crippen molar-refractivity contribution in [3.05, 3.63) is 31.9 Å². The van der Waals surface area contributed by atoms with Crippen LogP contribution in [0.25, 0.3) is 6.08 Å². The van der Waals surface area contributed by atoms with E-state index in [4.69, 9.17) is 17.0 Å². The average molecular weight is 545 g/mol. The number of nitriles is 1. The number of hydrogen-bond acceptors (Lipinski definition) is 7. The van der Waals surface area contributed by atoms with Crippen LogP contribution in [0.1, 0.15) is 87.8 Å². The summed E-state index contributed by atoms with van der Waals surface area (Å²) in [6.07, 6.45) is 14.2. The molecule has 0 spiro atoms. The van der Waals surface area contributed by atoms with Gasteiger partial charge in [0.15, 0.2) is 0 Å². The molecule has 0 saturated carbocycles. The van der Waals surface area contributed by atoms with E-state index in [1.165, 1.54) is 67.7 Å². The smallest absolute Gasteiger partial charge is 0.270 e. The lowest BCUT2D eigenvalue weighted by molar-refractivity contribution is -0.122. The summed E-state index contributed by atoms with van der Waals surface area (Å²) >= 11 is 6.86. The van der Waals surface area contributed by atoms with Gasteiger partial charge >= 0.3 is 0 Å². The maximum Gasteiger partial charge on any atom is 0.270 e. The normalized spacial score (nSPS) is 17.2. The first-order valence-corrected chi connectivity index (χ1v) is 14.8. The van der Waals surface area contributed by atoms with Crippen LogP contribution in [0.3, 0.4) is 0 Å². The van der Waals surface area contributed by atoms with E-state index < -0.39 is 0 Å². The van der Waals surface area contributed by atoms with Gasteiger partial charge in [0.1, 0.15) is 21.8 Å². The number of amides is 1. The Morgan fingerprint density at radius 3 is 2.22 bits per heavy atom. The van der Waals surface area contributed by atoms with Crippen LogP contribution < -0.4 is 10.5 Å². The fourth-order valence-corrected chi connectivity index (χ4v) is 6.24. The van der Waals surface area contributed by atoms with Gasteiger partial charge < -0.3 is 9.64 Å². The third kappa shape index (κ3) is 7.46. The lowest BCUT2D eigenvalue weighted by Gasteiger charge is -2.32. The van der Waals surface area contributed by atoms with E-state index in [0.29, 0.717) is 53.5 Å². The molecule has 0 aliphatic carbocycles. The number of unbranched alkanes of at least 4 members (excludes halogenated alkanes) is 9. The van der Waals surface area contributed by atoms with Crippen LogP contribution in [0.2, 0.25) is 0 Å². The van der Waals surface area contributed by atoms with E-state index in [-0.39, 0.29) is 17.0 Å². The summed E-state index contributed by atoms with van der Waals surface area (Å²) in [5.74, 6) is 0.621. The molecule has 0 radical (unpaired) electrons. The number of pyridine rings is 1. The third-order valence-corrected chi connectivity index (χ3v) is 8.54. The zero-order chi connectivity index (χ0) is 26.8. The molecule has 1 aromatic rings. The highest BCUT2D eigenvalue weighted by atomic mass is 32.2. The Bertz CT molecular complexity index is 1100. The lowest BCUT2D eigenvalue weighted by Crippen LogP contribution is -2.40. The molecule has 2 fully saturated rings. The SMILES string of the molecule is CCCCCCCCCCCCN1C(=O)/C(=C\c2c(C)c(C#N)c(=O)n(C)c2N2CCOCC2)SC1=S. The van der Waals surface area contributed by atoms with Crippen LogP contribution in [0.4, 0.5) is 5.82 Å². The summed E-state index contributed by atoms with van der Waals surface area (Å²) in [4.78, 5) is 30.5. The fourth-order valence-electron chi connectivity index (χ4n) is 4.95. The number of nitrogens with zero attached hydrogens (tertiary/aromatic N) is 4. The lowest BCUT2D eigenvalue weighted by atomic mass is 10.0. The molecule has 202 valence electrons. The zero-order valence-corrected chi connectivity index (χ0v) is 24.1. The van der Waals surface area contributed by atoms with E-state index in [0.717, 1.165) is 18.4 Å². The largest absolute Gasteiger partial charge is 0.378 e. The fraction of sp³-hybridized carbons (Fsp3) is 0.643. The summed E-state index contributed by atoms with van der Waals surface area (Å²) in [6, 6.07) is 2.06. The predicted molar refractivity (Wildman–Crippen MR) is 156 cm³/mol. The number of aromatic nitrogens is 1. The summed E-state index contributed by atoms with van der Waals surface area (Å²) < 4.78 is 7.59. The van der Waals surface area contributed by atoms with Gasteiger partial charge in [-0.05, 0) is 25.0 Å². The van der Waals surface area contributed by atoms with Gasteiger partial charge in [0, 0.05) is 32.2 Å². The van der Waals surface area contributed by atoms with Crippen molar-refractivity contribution >= 4 is 46.1 Å². The molecule has 0 aromatic carbocycles. The zero-order valence-electron chi connectivity index (χ0n) is 22.5. The molecule has 37 heavy (non-hydrogen) atoms. The first-order chi connectivity index (χ1) is 17.9. The quantitative estimate of drug-likeness (QED) is 0.184. The van der Waals surface area contributed by atoms with Gasteiger partial charge in [0.05, 0.1) is 18.1 Å². The molecular weight excluding hydrogens is 504 g/mol. The number of hydrogen-bond donors (Lipinski definition) is 0. The number of rotatable bonds is 13. The molecule has 0 bridgehead atoms. The summed E-state index contributed by atoms with van der Waals surface area (Å²) in [6.45, 7) is 7.05. The predicted octanol–water partition coefficient (Wildman–Crippen LogP) is 5.52. The van der Waals surface area contributed by atoms with E-state index in [9.17, 15) is 14.9 Å². The highest BCUT2D eigenvalue weighted by molar-refractivity contribution is 8.26. The Hall–Kier alpha value is -2.15. The molecule has 1 aromatic heterocycles. The van der Waals surface area contributed by atoms with Crippen molar-refractivity contribution in [3.63, 3.8) is 0 Å². The molecule has 7 nitrogen and oxygen atoms in total. The minimum Gasteiger partial charge on any atom is -0.378 e. The van der Waals surface area contributed by atoms with Crippen LogP contribution in [0.15, 0.2) is 9.70 Å². The van der Waals surface area contributed by atoms with Crippen LogP contribution in [0, 0.1) is 18.3 Å². The summed E-state index contributed by atoms with van der Waals surface area (Å²) in [5, 5.41) is 9.65. The Balaban J connectivity index is 1.68. The molecule has 2 saturated heterocycles. The maximum absolute atomic E-state index is 13.3. The van der Waals surface area contributed by atoms with Gasteiger partial charge in [-0.2, -0.15) is 5.26 Å². The highest BCUT2D eigenvalue weighted by Gasteiger charge is 2.33. The standard InChI is InChI=1S/C28H40N4O3S2/c1-4-5-6-7-8-9-10-11-12-13-14-32-27(34)24(37-28(32)36)19-22-21(2)23(20-29)26(33)30(3)25(22)31-15-17-35-18-16-31/h19H,4-18H2,1-3H3/b24-19+. The van der Waals surface area contributed by atoms with E-state index >= 15 is 0 Å². The second kappa shape index (κ2) is 14.7. The molecule has 1 amide bonds. The first-order valence-electron chi connectivity index (χ1n) is 13.6. The van der Waals surface area contributed by atoms with E-state index in [2.05, 4.69) is 17.9 Å². The minimum atomic E-state index is -0.327. The van der Waals surface area contributed by atoms with E-state index in [1.54, 1.807) is 18.9 Å². The topological polar surface area (TPSA) is 78.6 Å². The van der Waals surface area contributed by atoms with Crippen LogP contribution in [-0.4, -0.2) is 52.5 Å². The van der Waals surface area contributed by atoms with Crippen LogP contribution in [-0.2, 0) is 16.6 Å². The van der Waals surface area contributed by atoms with Crippen molar-refractivity contribution in [2.45, 2.75) is 78.1 Å². The molecule has 3 rings (SSSR count). The number of thioether (sulfide) groups is 1. The van der Waals surface area contributed by atoms with Crippen LogP contribution >= 0.6 is 24.0 Å². The molecule has 3 heterocycles. The number of carbonyl (C=O) groups is 1. The molecule has 0 N–H and O–H groups in total. The van der Waals surface area contributed by atoms with Crippen molar-refractivity contribution in [2.24, 2.45) is 7.05 Å². The van der Waals surface area contributed by atoms with Crippen molar-refractivity contribution in [1.29, 1.82) is 5.26 Å². The molecule has 0 unspecified atom stereocenters.